The maximum absolute atomic E-state index is 11.9. The van der Waals surface area contributed by atoms with Gasteiger partial charge in [-0.3, -0.25) is 9.78 Å². The zero-order valence-electron chi connectivity index (χ0n) is 14.3. The van der Waals surface area contributed by atoms with Gasteiger partial charge in [-0.2, -0.15) is 0 Å². The maximum atomic E-state index is 11.9. The van der Waals surface area contributed by atoms with Crippen LogP contribution in [0.2, 0.25) is 0 Å². The van der Waals surface area contributed by atoms with Crippen molar-refractivity contribution in [3.05, 3.63) is 54.1 Å². The van der Waals surface area contributed by atoms with Gasteiger partial charge < -0.3 is 20.5 Å². The first-order valence-corrected chi connectivity index (χ1v) is 9.00. The number of hydrogen-bond acceptors (Lipinski definition) is 6. The summed E-state index contributed by atoms with van der Waals surface area (Å²) in [5.74, 6) is 0.445. The number of pyridine rings is 1. The van der Waals surface area contributed by atoms with Crippen molar-refractivity contribution in [3.8, 4) is 0 Å². The average molecular weight is 368 g/mol. The second kappa shape index (κ2) is 6.97. The molecule has 0 fully saturated rings. The first kappa shape index (κ1) is 16.9. The zero-order valence-corrected chi connectivity index (χ0v) is 15.2. The molecule has 0 aliphatic carbocycles. The first-order chi connectivity index (χ1) is 12.6. The number of nitrogens with zero attached hydrogens (tertiary/aromatic N) is 3. The zero-order chi connectivity index (χ0) is 18.1. The van der Waals surface area contributed by atoms with E-state index in [-0.39, 0.29) is 11.9 Å². The van der Waals surface area contributed by atoms with Crippen molar-refractivity contribution in [2.45, 2.75) is 25.0 Å². The Hall–Kier alpha value is -2.58. The van der Waals surface area contributed by atoms with Gasteiger partial charge in [0, 0.05) is 24.5 Å². The van der Waals surface area contributed by atoms with E-state index >= 15 is 0 Å². The van der Waals surface area contributed by atoms with Crippen LogP contribution >= 0.6 is 12.6 Å². The van der Waals surface area contributed by atoms with Crippen LogP contribution in [0.3, 0.4) is 0 Å². The van der Waals surface area contributed by atoms with Gasteiger partial charge in [0.15, 0.2) is 5.82 Å². The fourth-order valence-corrected chi connectivity index (χ4v) is 3.41. The number of aromatic amines is 1. The molecule has 1 aromatic carbocycles. The molecular weight excluding hydrogens is 348 g/mol. The predicted molar refractivity (Wildman–Crippen MR) is 104 cm³/mol. The standard InChI is InChI=1S/C18H20N6OS/c1-11(9-24-16-15(20-10-21-16)17(25)23-18(24)26)19-8-13-7-6-12-4-2-3-5-14(12)22-13/h2-7,10-11,18-19,26H,8-9H2,1H3,(H,20,21)(H,23,25). The second-order valence-corrected chi connectivity index (χ2v) is 6.87. The van der Waals surface area contributed by atoms with Gasteiger partial charge >= 0.3 is 0 Å². The summed E-state index contributed by atoms with van der Waals surface area (Å²) >= 11 is 4.47. The smallest absolute Gasteiger partial charge is 0.273 e. The molecule has 134 valence electrons. The van der Waals surface area contributed by atoms with Crippen LogP contribution in [0.1, 0.15) is 23.1 Å². The van der Waals surface area contributed by atoms with Crippen molar-refractivity contribution in [1.29, 1.82) is 0 Å². The highest BCUT2D eigenvalue weighted by molar-refractivity contribution is 7.81. The Bertz CT molecular complexity index is 942. The molecule has 0 spiro atoms. The van der Waals surface area contributed by atoms with Crippen LogP contribution in [-0.2, 0) is 6.54 Å². The predicted octanol–water partition coefficient (Wildman–Crippen LogP) is 1.90. The molecule has 2 atom stereocenters. The van der Waals surface area contributed by atoms with E-state index in [1.165, 1.54) is 6.33 Å². The molecule has 7 nitrogen and oxygen atoms in total. The number of benzene rings is 1. The Labute approximate surface area is 156 Å². The van der Waals surface area contributed by atoms with Crippen LogP contribution in [0, 0.1) is 0 Å². The number of rotatable bonds is 5. The number of para-hydroxylation sites is 1. The average Bonchev–Trinajstić information content (AvgIpc) is 3.13. The molecule has 1 amide bonds. The number of amides is 1. The molecule has 8 heteroatoms. The number of imidazole rings is 1. The highest BCUT2D eigenvalue weighted by atomic mass is 32.1. The van der Waals surface area contributed by atoms with Crippen molar-refractivity contribution in [1.82, 2.24) is 25.6 Å². The van der Waals surface area contributed by atoms with Crippen LogP contribution in [0.4, 0.5) is 5.82 Å². The lowest BCUT2D eigenvalue weighted by molar-refractivity contribution is 0.0937. The Morgan fingerprint density at radius 1 is 1.31 bits per heavy atom. The normalized spacial score (nSPS) is 17.8. The van der Waals surface area contributed by atoms with Crippen molar-refractivity contribution in [2.24, 2.45) is 0 Å². The first-order valence-electron chi connectivity index (χ1n) is 8.49. The largest absolute Gasteiger partial charge is 0.339 e. The van der Waals surface area contributed by atoms with Crippen LogP contribution < -0.4 is 15.5 Å². The summed E-state index contributed by atoms with van der Waals surface area (Å²) in [5.41, 5.74) is 2.06. The van der Waals surface area contributed by atoms with Crippen LogP contribution in [-0.4, -0.2) is 38.9 Å². The van der Waals surface area contributed by atoms with Gasteiger partial charge in [0.2, 0.25) is 0 Å². The van der Waals surface area contributed by atoms with Crippen molar-refractivity contribution >= 4 is 35.3 Å². The molecule has 0 radical (unpaired) electrons. The number of carbonyl (C=O) groups excluding carboxylic acids is 1. The van der Waals surface area contributed by atoms with E-state index in [9.17, 15) is 4.79 Å². The summed E-state index contributed by atoms with van der Waals surface area (Å²) in [5, 5.41) is 7.42. The van der Waals surface area contributed by atoms with E-state index in [1.807, 2.05) is 29.2 Å². The molecule has 0 saturated heterocycles. The second-order valence-electron chi connectivity index (χ2n) is 6.38. The Balaban J connectivity index is 1.41. The van der Waals surface area contributed by atoms with Crippen LogP contribution in [0.25, 0.3) is 10.9 Å². The summed E-state index contributed by atoms with van der Waals surface area (Å²) in [6.45, 7) is 3.40. The number of H-pyrrole nitrogens is 1. The summed E-state index contributed by atoms with van der Waals surface area (Å²) < 4.78 is 0. The molecule has 1 aliphatic heterocycles. The number of nitrogens with one attached hydrogen (secondary N) is 3. The monoisotopic (exact) mass is 368 g/mol. The molecule has 3 heterocycles. The lowest BCUT2D eigenvalue weighted by Gasteiger charge is -2.35. The molecule has 0 saturated carbocycles. The van der Waals surface area contributed by atoms with Crippen molar-refractivity contribution < 1.29 is 4.79 Å². The van der Waals surface area contributed by atoms with E-state index < -0.39 is 5.50 Å². The number of aromatic nitrogens is 3. The molecule has 4 rings (SSSR count). The number of fused-ring (bicyclic) bond motifs is 2. The summed E-state index contributed by atoms with van der Waals surface area (Å²) in [4.78, 5) is 25.7. The van der Waals surface area contributed by atoms with Gasteiger partial charge in [-0.1, -0.05) is 24.3 Å². The van der Waals surface area contributed by atoms with E-state index in [0.29, 0.717) is 24.6 Å². The molecule has 0 bridgehead atoms. The number of hydrogen-bond donors (Lipinski definition) is 4. The lowest BCUT2D eigenvalue weighted by Crippen LogP contribution is -2.53. The molecule has 2 unspecified atom stereocenters. The third-order valence-electron chi connectivity index (χ3n) is 4.43. The van der Waals surface area contributed by atoms with Crippen LogP contribution in [0.15, 0.2) is 42.7 Å². The Morgan fingerprint density at radius 3 is 3.04 bits per heavy atom. The summed E-state index contributed by atoms with van der Waals surface area (Å²) in [7, 11) is 0. The topological polar surface area (TPSA) is 85.9 Å². The fraction of sp³-hybridized carbons (Fsp3) is 0.278. The third kappa shape index (κ3) is 3.25. The molecule has 2 aromatic heterocycles. The van der Waals surface area contributed by atoms with Gasteiger partial charge in [-0.25, -0.2) is 4.98 Å². The summed E-state index contributed by atoms with van der Waals surface area (Å²) in [6.07, 6.45) is 1.53. The van der Waals surface area contributed by atoms with E-state index in [2.05, 4.69) is 57.3 Å². The molecule has 26 heavy (non-hydrogen) atoms. The number of thiol groups is 1. The van der Waals surface area contributed by atoms with Gasteiger partial charge in [0.1, 0.15) is 11.2 Å². The fourth-order valence-electron chi connectivity index (χ4n) is 3.09. The van der Waals surface area contributed by atoms with Gasteiger partial charge in [-0.05, 0) is 19.1 Å². The quantitative estimate of drug-likeness (QED) is 0.517. The highest BCUT2D eigenvalue weighted by Crippen LogP contribution is 2.24. The van der Waals surface area contributed by atoms with Crippen molar-refractivity contribution in [3.63, 3.8) is 0 Å². The Morgan fingerprint density at radius 2 is 2.15 bits per heavy atom. The highest BCUT2D eigenvalue weighted by Gasteiger charge is 2.31. The minimum absolute atomic E-state index is 0.150. The van der Waals surface area contributed by atoms with E-state index in [0.717, 1.165) is 16.6 Å². The van der Waals surface area contributed by atoms with E-state index in [4.69, 9.17) is 0 Å². The molecule has 1 aliphatic rings. The molecular formula is C18H20N6OS. The van der Waals surface area contributed by atoms with E-state index in [1.54, 1.807) is 0 Å². The minimum atomic E-state index is -0.402. The van der Waals surface area contributed by atoms with Gasteiger partial charge in [0.25, 0.3) is 5.91 Å². The summed E-state index contributed by atoms with van der Waals surface area (Å²) in [6, 6.07) is 12.4. The van der Waals surface area contributed by atoms with Gasteiger partial charge in [0.05, 0.1) is 17.5 Å². The van der Waals surface area contributed by atoms with Crippen molar-refractivity contribution in [2.75, 3.05) is 11.4 Å². The minimum Gasteiger partial charge on any atom is -0.339 e. The number of carbonyl (C=O) groups is 1. The SMILES string of the molecule is CC(CN1c2nc[nH]c2C(=O)NC1S)NCc1ccc2ccccc2n1. The Kier molecular flexibility index (Phi) is 4.52. The number of anilines is 1. The third-order valence-corrected chi connectivity index (χ3v) is 4.84. The molecule has 3 N–H and O–H groups in total. The lowest BCUT2D eigenvalue weighted by atomic mass is 10.2. The molecule has 3 aromatic rings. The van der Waals surface area contributed by atoms with Gasteiger partial charge in [-0.15, -0.1) is 12.6 Å². The maximum Gasteiger partial charge on any atom is 0.273 e. The van der Waals surface area contributed by atoms with Crippen LogP contribution in [0.5, 0.6) is 0 Å².